The highest BCUT2D eigenvalue weighted by Gasteiger charge is 2.29. The van der Waals surface area contributed by atoms with E-state index in [1.807, 2.05) is 42.5 Å². The van der Waals surface area contributed by atoms with Crippen molar-refractivity contribution in [1.82, 2.24) is 4.90 Å². The zero-order chi connectivity index (χ0) is 18.8. The molecule has 0 aliphatic carbocycles. The first-order chi connectivity index (χ1) is 13.1. The molecule has 1 unspecified atom stereocenters. The van der Waals surface area contributed by atoms with Gasteiger partial charge in [-0.05, 0) is 36.5 Å². The number of carbonyl (C=O) groups excluding carboxylic acids is 1. The Kier molecular flexibility index (Phi) is 4.77. The molecule has 0 saturated carbocycles. The third kappa shape index (κ3) is 3.51. The van der Waals surface area contributed by atoms with Crippen LogP contribution >= 0.6 is 0 Å². The van der Waals surface area contributed by atoms with E-state index in [0.29, 0.717) is 31.5 Å². The summed E-state index contributed by atoms with van der Waals surface area (Å²) in [7, 11) is 0. The highest BCUT2D eigenvalue weighted by atomic mass is 16.4. The van der Waals surface area contributed by atoms with Gasteiger partial charge in [-0.3, -0.25) is 4.79 Å². The number of hydrogen-bond acceptors (Lipinski definition) is 4. The third-order valence-corrected chi connectivity index (χ3v) is 5.29. The standard InChI is InChI=1S/C22H21NO4/c24-20(15-6-2-1-3-7-15)16-10-12-23(13-11-16)21(25)18-14-17-8-4-5-9-19(17)27-22(18)26/h1-9,14,16,20,24H,10-13H2. The Morgan fingerprint density at radius 3 is 2.44 bits per heavy atom. The average Bonchev–Trinajstić information content (AvgIpc) is 2.73. The van der Waals surface area contributed by atoms with Crippen LogP contribution in [0, 0.1) is 5.92 Å². The van der Waals surface area contributed by atoms with Crippen LogP contribution in [0.15, 0.2) is 69.9 Å². The van der Waals surface area contributed by atoms with E-state index in [2.05, 4.69) is 0 Å². The number of rotatable bonds is 3. The number of hydrogen-bond donors (Lipinski definition) is 1. The Morgan fingerprint density at radius 1 is 1.04 bits per heavy atom. The molecule has 0 radical (unpaired) electrons. The Morgan fingerprint density at radius 2 is 1.70 bits per heavy atom. The number of benzene rings is 2. The Labute approximate surface area is 156 Å². The molecule has 0 bridgehead atoms. The van der Waals surface area contributed by atoms with Crippen LogP contribution in [0.1, 0.15) is 34.9 Å². The number of aliphatic hydroxyl groups is 1. The van der Waals surface area contributed by atoms with Crippen LogP contribution in [-0.2, 0) is 0 Å². The van der Waals surface area contributed by atoms with Gasteiger partial charge in [-0.1, -0.05) is 48.5 Å². The van der Waals surface area contributed by atoms with Crippen LogP contribution in [0.25, 0.3) is 11.0 Å². The summed E-state index contributed by atoms with van der Waals surface area (Å²) in [4.78, 5) is 26.7. The van der Waals surface area contributed by atoms with Crippen molar-refractivity contribution in [2.45, 2.75) is 18.9 Å². The molecule has 2 heterocycles. The summed E-state index contributed by atoms with van der Waals surface area (Å²) < 4.78 is 5.28. The molecular weight excluding hydrogens is 342 g/mol. The lowest BCUT2D eigenvalue weighted by molar-refractivity contribution is 0.0460. The summed E-state index contributed by atoms with van der Waals surface area (Å²) in [6, 6.07) is 18.3. The van der Waals surface area contributed by atoms with Crippen molar-refractivity contribution in [2.75, 3.05) is 13.1 Å². The summed E-state index contributed by atoms with van der Waals surface area (Å²) in [6.45, 7) is 1.03. The number of nitrogens with zero attached hydrogens (tertiary/aromatic N) is 1. The number of piperidine rings is 1. The fourth-order valence-corrected chi connectivity index (χ4v) is 3.72. The van der Waals surface area contributed by atoms with E-state index >= 15 is 0 Å². The van der Waals surface area contributed by atoms with Crippen molar-refractivity contribution in [3.8, 4) is 0 Å². The van der Waals surface area contributed by atoms with Crippen molar-refractivity contribution in [2.24, 2.45) is 5.92 Å². The number of aliphatic hydroxyl groups excluding tert-OH is 1. The van der Waals surface area contributed by atoms with Crippen molar-refractivity contribution in [3.05, 3.63) is 82.2 Å². The quantitative estimate of drug-likeness (QED) is 0.724. The van der Waals surface area contributed by atoms with Crippen molar-refractivity contribution in [3.63, 3.8) is 0 Å². The highest BCUT2D eigenvalue weighted by molar-refractivity contribution is 5.96. The molecule has 3 aromatic rings. The van der Waals surface area contributed by atoms with Gasteiger partial charge in [0.15, 0.2) is 0 Å². The summed E-state index contributed by atoms with van der Waals surface area (Å²) in [5, 5.41) is 11.3. The smallest absolute Gasteiger partial charge is 0.349 e. The fraction of sp³-hybridized carbons (Fsp3) is 0.273. The van der Waals surface area contributed by atoms with E-state index in [1.54, 1.807) is 23.1 Å². The zero-order valence-electron chi connectivity index (χ0n) is 14.9. The first-order valence-corrected chi connectivity index (χ1v) is 9.18. The zero-order valence-corrected chi connectivity index (χ0v) is 14.9. The van der Waals surface area contributed by atoms with Gasteiger partial charge in [0, 0.05) is 18.5 Å². The van der Waals surface area contributed by atoms with Gasteiger partial charge < -0.3 is 14.4 Å². The minimum Gasteiger partial charge on any atom is -0.422 e. The van der Waals surface area contributed by atoms with Gasteiger partial charge in [0.2, 0.25) is 0 Å². The minimum atomic E-state index is -0.606. The molecule has 1 fully saturated rings. The molecule has 138 valence electrons. The normalized spacial score (nSPS) is 16.4. The number of fused-ring (bicyclic) bond motifs is 1. The van der Waals surface area contributed by atoms with Gasteiger partial charge in [0.05, 0.1) is 6.10 Å². The lowest BCUT2D eigenvalue weighted by Crippen LogP contribution is -2.41. The lowest BCUT2D eigenvalue weighted by atomic mass is 9.87. The maximum atomic E-state index is 12.8. The van der Waals surface area contributed by atoms with Crippen LogP contribution in [0.4, 0.5) is 0 Å². The SMILES string of the molecule is O=C(c1cc2ccccc2oc1=O)N1CCC(C(O)c2ccccc2)CC1. The molecule has 4 rings (SSSR count). The second kappa shape index (κ2) is 7.37. The predicted octanol–water partition coefficient (Wildman–Crippen LogP) is 3.38. The molecule has 1 aliphatic rings. The summed E-state index contributed by atoms with van der Waals surface area (Å²) in [6.07, 6.45) is 0.857. The summed E-state index contributed by atoms with van der Waals surface area (Å²) in [5.41, 5.74) is 0.835. The first kappa shape index (κ1) is 17.5. The highest BCUT2D eigenvalue weighted by Crippen LogP contribution is 2.31. The minimum absolute atomic E-state index is 0.0655. The fourth-order valence-electron chi connectivity index (χ4n) is 3.72. The Balaban J connectivity index is 1.47. The van der Waals surface area contributed by atoms with Crippen LogP contribution in [0.5, 0.6) is 0 Å². The monoisotopic (exact) mass is 363 g/mol. The topological polar surface area (TPSA) is 70.8 Å². The number of amides is 1. The van der Waals surface area contributed by atoms with Crippen LogP contribution < -0.4 is 5.63 Å². The Hall–Kier alpha value is -2.92. The number of para-hydroxylation sites is 1. The van der Waals surface area contributed by atoms with E-state index in [1.165, 1.54) is 0 Å². The van der Waals surface area contributed by atoms with E-state index in [4.69, 9.17) is 4.42 Å². The van der Waals surface area contributed by atoms with Crippen molar-refractivity contribution < 1.29 is 14.3 Å². The molecule has 5 nitrogen and oxygen atoms in total. The van der Waals surface area contributed by atoms with Crippen LogP contribution in [0.2, 0.25) is 0 Å². The first-order valence-electron chi connectivity index (χ1n) is 9.18. The third-order valence-electron chi connectivity index (χ3n) is 5.29. The van der Waals surface area contributed by atoms with Gasteiger partial charge in [-0.15, -0.1) is 0 Å². The molecule has 1 atom stereocenters. The average molecular weight is 363 g/mol. The van der Waals surface area contributed by atoms with Crippen molar-refractivity contribution in [1.29, 1.82) is 0 Å². The van der Waals surface area contributed by atoms with Gasteiger partial charge in [-0.25, -0.2) is 4.79 Å². The largest absolute Gasteiger partial charge is 0.422 e. The van der Waals surface area contributed by atoms with E-state index in [-0.39, 0.29) is 17.4 Å². The predicted molar refractivity (Wildman–Crippen MR) is 103 cm³/mol. The molecule has 0 spiro atoms. The molecule has 1 amide bonds. The second-order valence-corrected chi connectivity index (χ2v) is 6.97. The molecule has 27 heavy (non-hydrogen) atoms. The van der Waals surface area contributed by atoms with Gasteiger partial charge in [0.25, 0.3) is 5.91 Å². The van der Waals surface area contributed by atoms with Gasteiger partial charge in [0.1, 0.15) is 11.1 Å². The molecule has 2 aromatic carbocycles. The molecule has 1 aliphatic heterocycles. The molecule has 1 aromatic heterocycles. The van der Waals surface area contributed by atoms with E-state index in [0.717, 1.165) is 10.9 Å². The van der Waals surface area contributed by atoms with Crippen LogP contribution in [0.3, 0.4) is 0 Å². The molecule has 1 N–H and O–H groups in total. The number of carbonyl (C=O) groups is 1. The number of likely N-dealkylation sites (tertiary alicyclic amines) is 1. The summed E-state index contributed by atoms with van der Waals surface area (Å²) in [5.74, 6) is -0.202. The van der Waals surface area contributed by atoms with E-state index in [9.17, 15) is 14.7 Å². The summed E-state index contributed by atoms with van der Waals surface area (Å²) >= 11 is 0. The van der Waals surface area contributed by atoms with Gasteiger partial charge >= 0.3 is 5.63 Å². The lowest BCUT2D eigenvalue weighted by Gasteiger charge is -2.34. The van der Waals surface area contributed by atoms with Crippen molar-refractivity contribution >= 4 is 16.9 Å². The maximum Gasteiger partial charge on any atom is 0.349 e. The molecular formula is C22H21NO4. The molecule has 5 heteroatoms. The maximum absolute atomic E-state index is 12.8. The molecule has 1 saturated heterocycles. The van der Waals surface area contributed by atoms with Crippen LogP contribution in [-0.4, -0.2) is 29.0 Å². The van der Waals surface area contributed by atoms with Gasteiger partial charge in [-0.2, -0.15) is 0 Å². The van der Waals surface area contributed by atoms with E-state index < -0.39 is 11.7 Å². The Bertz CT molecular complexity index is 1000. The second-order valence-electron chi connectivity index (χ2n) is 6.97.